The predicted molar refractivity (Wildman–Crippen MR) is 201 cm³/mol. The van der Waals surface area contributed by atoms with Crippen LogP contribution in [-0.4, -0.2) is 67.2 Å². The summed E-state index contributed by atoms with van der Waals surface area (Å²) in [6.45, 7) is 24.5. The van der Waals surface area contributed by atoms with Crippen LogP contribution in [-0.2, 0) is 28.5 Å². The number of rotatable bonds is 10. The van der Waals surface area contributed by atoms with Crippen LogP contribution in [0.5, 0.6) is 11.5 Å². The topological polar surface area (TPSA) is 89.5 Å². The summed E-state index contributed by atoms with van der Waals surface area (Å²) in [6, 6.07) is 16.0. The average molecular weight is 725 g/mol. The van der Waals surface area contributed by atoms with Gasteiger partial charge in [0.05, 0.1) is 38.3 Å². The van der Waals surface area contributed by atoms with E-state index in [-0.39, 0.29) is 34.2 Å². The zero-order valence-electron chi connectivity index (χ0n) is 32.0. The first kappa shape index (κ1) is 38.6. The molecule has 2 aromatic rings. The van der Waals surface area contributed by atoms with E-state index in [1.807, 2.05) is 48.5 Å². The van der Waals surface area contributed by atoms with Crippen molar-refractivity contribution in [2.45, 2.75) is 128 Å². The van der Waals surface area contributed by atoms with Gasteiger partial charge in [-0.3, -0.25) is 9.59 Å². The van der Waals surface area contributed by atoms with Crippen LogP contribution in [0.2, 0.25) is 36.3 Å². The Morgan fingerprint density at radius 3 is 1.14 bits per heavy atom. The highest BCUT2D eigenvalue weighted by Gasteiger charge is 2.60. The molecule has 0 radical (unpaired) electrons. The van der Waals surface area contributed by atoms with E-state index in [4.69, 9.17) is 27.8 Å². The van der Waals surface area contributed by atoms with E-state index in [9.17, 15) is 9.59 Å². The van der Waals surface area contributed by atoms with Gasteiger partial charge in [-0.05, 0) is 71.7 Å². The van der Waals surface area contributed by atoms with Crippen molar-refractivity contribution in [1.29, 1.82) is 0 Å². The molecule has 0 amide bonds. The lowest BCUT2D eigenvalue weighted by atomic mass is 9.52. The first-order chi connectivity index (χ1) is 23.4. The van der Waals surface area contributed by atoms with Crippen LogP contribution in [0, 0.1) is 11.8 Å². The van der Waals surface area contributed by atoms with Crippen molar-refractivity contribution in [1.82, 2.24) is 0 Å². The molecule has 0 N–H and O–H groups in total. The molecule has 50 heavy (non-hydrogen) atoms. The Balaban J connectivity index is 1.50. The third-order valence-corrected chi connectivity index (χ3v) is 20.6. The zero-order valence-corrected chi connectivity index (χ0v) is 34.0. The quantitative estimate of drug-likeness (QED) is 0.177. The maximum Gasteiger partial charge on any atom is 0.310 e. The lowest BCUT2D eigenvalue weighted by Gasteiger charge is -2.50. The third-order valence-electron chi connectivity index (χ3n) is 11.9. The third kappa shape index (κ3) is 8.68. The summed E-state index contributed by atoms with van der Waals surface area (Å²) in [6.07, 6.45) is 2.27. The van der Waals surface area contributed by atoms with Gasteiger partial charge in [0.25, 0.3) is 0 Å². The van der Waals surface area contributed by atoms with E-state index in [2.05, 4.69) is 67.7 Å². The Hall–Kier alpha value is -2.67. The normalized spacial score (nSPS) is 24.2. The molecule has 0 spiro atoms. The van der Waals surface area contributed by atoms with E-state index in [0.29, 0.717) is 52.1 Å². The van der Waals surface area contributed by atoms with Gasteiger partial charge in [-0.1, -0.05) is 65.8 Å². The molecule has 2 heterocycles. The highest BCUT2D eigenvalue weighted by molar-refractivity contribution is 6.75. The van der Waals surface area contributed by atoms with Gasteiger partial charge >= 0.3 is 11.9 Å². The fourth-order valence-corrected chi connectivity index (χ4v) is 8.71. The average Bonchev–Trinajstić information content (AvgIpc) is 3.02. The van der Waals surface area contributed by atoms with Crippen molar-refractivity contribution in [3.8, 4) is 11.5 Å². The Morgan fingerprint density at radius 1 is 0.560 bits per heavy atom. The molecular weight excluding hydrogens is 665 g/mol. The van der Waals surface area contributed by atoms with Gasteiger partial charge in [0.15, 0.2) is 0 Å². The minimum Gasteiger partial charge on any atom is -0.544 e. The summed E-state index contributed by atoms with van der Waals surface area (Å²) >= 11 is 0. The second-order valence-electron chi connectivity index (χ2n) is 17.5. The SMILES string of the molecule is CC(C)(C)[Si](C)(C)Oc1ccc(C2C(C(=O)OC3CCOCC3)C(c3ccc(O[Si](C)(C)C(C)(C)C)cc3)C2C(=O)OC2CCOCC2)cc1. The molecule has 8 nitrogen and oxygen atoms in total. The fraction of sp³-hybridized carbons (Fsp3) is 0.650. The molecule has 0 aromatic heterocycles. The Kier molecular flexibility index (Phi) is 11.7. The van der Waals surface area contributed by atoms with Crippen molar-refractivity contribution < 1.29 is 37.4 Å². The lowest BCUT2D eigenvalue weighted by molar-refractivity contribution is -0.177. The number of carbonyl (C=O) groups excluding carboxylic acids is 2. The van der Waals surface area contributed by atoms with Crippen LogP contribution in [0.1, 0.15) is 90.2 Å². The van der Waals surface area contributed by atoms with Crippen molar-refractivity contribution in [3.63, 3.8) is 0 Å². The number of hydrogen-bond acceptors (Lipinski definition) is 8. The van der Waals surface area contributed by atoms with Crippen molar-refractivity contribution in [2.75, 3.05) is 26.4 Å². The van der Waals surface area contributed by atoms with Gasteiger partial charge in [-0.15, -0.1) is 0 Å². The summed E-state index contributed by atoms with van der Waals surface area (Å²) in [4.78, 5) is 28.6. The molecule has 2 aromatic carbocycles. The molecule has 0 unspecified atom stereocenters. The zero-order chi connectivity index (χ0) is 36.5. The Morgan fingerprint density at radius 2 is 0.860 bits per heavy atom. The lowest BCUT2D eigenvalue weighted by Crippen LogP contribution is -2.53. The molecule has 1 aliphatic carbocycles. The number of hydrogen-bond donors (Lipinski definition) is 0. The van der Waals surface area contributed by atoms with Gasteiger partial charge in [-0.25, -0.2) is 0 Å². The summed E-state index contributed by atoms with van der Waals surface area (Å²) in [7, 11) is -4.12. The molecule has 3 aliphatic rings. The van der Waals surface area contributed by atoms with Crippen molar-refractivity contribution in [3.05, 3.63) is 59.7 Å². The minimum atomic E-state index is -2.06. The van der Waals surface area contributed by atoms with Crippen LogP contribution >= 0.6 is 0 Å². The van der Waals surface area contributed by atoms with Crippen LogP contribution in [0.15, 0.2) is 48.5 Å². The molecule has 5 rings (SSSR count). The smallest absolute Gasteiger partial charge is 0.310 e. The van der Waals surface area contributed by atoms with E-state index >= 15 is 0 Å². The van der Waals surface area contributed by atoms with Gasteiger partial charge < -0.3 is 27.8 Å². The maximum absolute atomic E-state index is 14.3. The molecule has 3 fully saturated rings. The summed E-state index contributed by atoms with van der Waals surface area (Å²) in [5.74, 6) is -0.897. The summed E-state index contributed by atoms with van der Waals surface area (Å²) in [5.41, 5.74) is 1.81. The number of ether oxygens (including phenoxy) is 4. The first-order valence-corrected chi connectivity index (χ1v) is 24.3. The standard InChI is InChI=1S/C40H60O8Si2/c1-39(2,3)49(7,8)47-31-15-11-27(12-16-31)33-35(37(41)45-29-19-23-43-24-20-29)34(36(33)38(42)46-30-21-25-44-26-22-30)28-13-17-32(18-14-28)48-50(9,10)40(4,5)6/h11-18,29-30,33-36H,19-26H2,1-10H3. The van der Waals surface area contributed by atoms with E-state index in [1.54, 1.807) is 0 Å². The van der Waals surface area contributed by atoms with Crippen LogP contribution in [0.25, 0.3) is 0 Å². The molecular formula is C40H60O8Si2. The van der Waals surface area contributed by atoms with E-state index < -0.39 is 40.3 Å². The molecule has 276 valence electrons. The molecule has 0 atom stereocenters. The largest absolute Gasteiger partial charge is 0.544 e. The van der Waals surface area contributed by atoms with Crippen molar-refractivity contribution >= 4 is 28.6 Å². The summed E-state index contributed by atoms with van der Waals surface area (Å²) in [5, 5.41) is 0.103. The Labute approximate surface area is 302 Å². The monoisotopic (exact) mass is 724 g/mol. The molecule has 0 bridgehead atoms. The molecule has 10 heteroatoms. The molecule has 1 saturated carbocycles. The van der Waals surface area contributed by atoms with Gasteiger partial charge in [-0.2, -0.15) is 0 Å². The van der Waals surface area contributed by atoms with Gasteiger partial charge in [0.2, 0.25) is 16.6 Å². The van der Waals surface area contributed by atoms with Crippen LogP contribution in [0.4, 0.5) is 0 Å². The molecule has 2 saturated heterocycles. The predicted octanol–water partition coefficient (Wildman–Crippen LogP) is 9.01. The first-order valence-electron chi connectivity index (χ1n) is 18.5. The Bertz CT molecular complexity index is 1330. The summed E-state index contributed by atoms with van der Waals surface area (Å²) < 4.78 is 36.6. The maximum atomic E-state index is 14.3. The number of esters is 2. The van der Waals surface area contributed by atoms with Gasteiger partial charge in [0.1, 0.15) is 23.7 Å². The van der Waals surface area contributed by atoms with Crippen molar-refractivity contribution in [2.24, 2.45) is 11.8 Å². The molecule has 2 aliphatic heterocycles. The van der Waals surface area contributed by atoms with Crippen LogP contribution in [0.3, 0.4) is 0 Å². The van der Waals surface area contributed by atoms with E-state index in [1.165, 1.54) is 0 Å². The minimum absolute atomic E-state index is 0.0517. The highest BCUT2D eigenvalue weighted by atomic mass is 28.4. The fourth-order valence-electron chi connectivity index (χ4n) is 6.65. The van der Waals surface area contributed by atoms with E-state index in [0.717, 1.165) is 22.6 Å². The number of benzene rings is 2. The van der Waals surface area contributed by atoms with Gasteiger partial charge in [0, 0.05) is 37.5 Å². The highest BCUT2D eigenvalue weighted by Crippen LogP contribution is 2.59. The van der Waals surface area contributed by atoms with Crippen LogP contribution < -0.4 is 8.85 Å². The second kappa shape index (κ2) is 15.1. The second-order valence-corrected chi connectivity index (χ2v) is 26.9. The number of carbonyl (C=O) groups is 2.